The summed E-state index contributed by atoms with van der Waals surface area (Å²) in [6, 6.07) is 18.5. The first-order chi connectivity index (χ1) is 14.2. The van der Waals surface area contributed by atoms with Crippen LogP contribution >= 0.6 is 0 Å². The van der Waals surface area contributed by atoms with Gasteiger partial charge in [0.25, 0.3) is 0 Å². The van der Waals surface area contributed by atoms with Crippen LogP contribution in [0.3, 0.4) is 0 Å². The predicted octanol–water partition coefficient (Wildman–Crippen LogP) is 4.93. The third-order valence-corrected chi connectivity index (χ3v) is 6.14. The number of benzene rings is 2. The van der Waals surface area contributed by atoms with Crippen LogP contribution in [-0.2, 0) is 6.54 Å². The number of aliphatic hydroxyl groups excluding tert-OH is 1. The topological polar surface area (TPSA) is 58.7 Å². The zero-order chi connectivity index (χ0) is 19.8. The molecule has 0 saturated carbocycles. The molecular weight excluding hydrogens is 364 g/mol. The van der Waals surface area contributed by atoms with Crippen molar-refractivity contribution in [1.29, 1.82) is 0 Å². The van der Waals surface area contributed by atoms with E-state index in [0.717, 1.165) is 47.9 Å². The van der Waals surface area contributed by atoms with Crippen molar-refractivity contribution in [3.05, 3.63) is 66.1 Å². The molecule has 1 N–H and O–H groups in total. The number of aliphatic hydroxyl groups is 1. The maximum absolute atomic E-state index is 10.0. The molecule has 3 aromatic rings. The Kier molecular flexibility index (Phi) is 4.86. The molecule has 1 aromatic heterocycles. The lowest BCUT2D eigenvalue weighted by Crippen LogP contribution is -2.44. The van der Waals surface area contributed by atoms with Gasteiger partial charge in [-0.1, -0.05) is 24.3 Å². The molecular formula is C24H26N2O3. The number of nitrogens with zero attached hydrogens (tertiary/aromatic N) is 2. The van der Waals surface area contributed by atoms with Gasteiger partial charge >= 0.3 is 0 Å². The maximum atomic E-state index is 10.0. The van der Waals surface area contributed by atoms with E-state index in [1.54, 1.807) is 0 Å². The van der Waals surface area contributed by atoms with E-state index in [-0.39, 0.29) is 6.10 Å². The highest BCUT2D eigenvalue weighted by atomic mass is 16.5. The molecule has 1 unspecified atom stereocenters. The van der Waals surface area contributed by atoms with Crippen molar-refractivity contribution in [2.24, 2.45) is 0 Å². The second-order valence-electron chi connectivity index (χ2n) is 8.15. The van der Waals surface area contributed by atoms with Crippen LogP contribution in [0.2, 0.25) is 0 Å². The van der Waals surface area contributed by atoms with E-state index >= 15 is 0 Å². The van der Waals surface area contributed by atoms with Crippen molar-refractivity contribution >= 4 is 0 Å². The fraction of sp³-hybridized carbons (Fsp3) is 0.375. The Morgan fingerprint density at radius 1 is 1.03 bits per heavy atom. The summed E-state index contributed by atoms with van der Waals surface area (Å²) in [5.41, 5.74) is 1.90. The predicted molar refractivity (Wildman–Crippen MR) is 111 cm³/mol. The maximum Gasteiger partial charge on any atom is 0.226 e. The molecule has 150 valence electrons. The minimum absolute atomic E-state index is 0.148. The molecule has 2 fully saturated rings. The number of oxazole rings is 1. The Morgan fingerprint density at radius 3 is 2.52 bits per heavy atom. The number of ether oxygens (including phenoxy) is 1. The zero-order valence-corrected chi connectivity index (χ0v) is 16.6. The van der Waals surface area contributed by atoms with Crippen molar-refractivity contribution in [3.8, 4) is 23.0 Å². The Bertz CT molecular complexity index is 971. The second kappa shape index (κ2) is 7.65. The van der Waals surface area contributed by atoms with Crippen LogP contribution in [0, 0.1) is 6.92 Å². The summed E-state index contributed by atoms with van der Waals surface area (Å²) in [5, 5.41) is 10.0. The van der Waals surface area contributed by atoms with E-state index in [0.29, 0.717) is 18.0 Å². The fourth-order valence-electron chi connectivity index (χ4n) is 4.69. The summed E-state index contributed by atoms with van der Waals surface area (Å²) in [6.45, 7) is 2.77. The average Bonchev–Trinajstić information content (AvgIpc) is 3.20. The van der Waals surface area contributed by atoms with E-state index in [2.05, 4.69) is 4.90 Å². The number of aromatic nitrogens is 1. The van der Waals surface area contributed by atoms with Gasteiger partial charge in [-0.05, 0) is 62.9 Å². The van der Waals surface area contributed by atoms with E-state index in [9.17, 15) is 5.11 Å². The van der Waals surface area contributed by atoms with Gasteiger partial charge in [0.15, 0.2) is 0 Å². The number of fused-ring (bicyclic) bond motifs is 2. The van der Waals surface area contributed by atoms with Gasteiger partial charge in [0, 0.05) is 24.2 Å². The summed E-state index contributed by atoms with van der Waals surface area (Å²) in [7, 11) is 0. The molecule has 29 heavy (non-hydrogen) atoms. The first kappa shape index (κ1) is 18.4. The molecule has 2 aliphatic rings. The largest absolute Gasteiger partial charge is 0.457 e. The van der Waals surface area contributed by atoms with E-state index in [1.165, 1.54) is 12.8 Å². The molecule has 3 atom stereocenters. The van der Waals surface area contributed by atoms with Gasteiger partial charge in [0.1, 0.15) is 17.3 Å². The van der Waals surface area contributed by atoms with Gasteiger partial charge in [-0.3, -0.25) is 4.90 Å². The number of hydrogen-bond acceptors (Lipinski definition) is 5. The van der Waals surface area contributed by atoms with Gasteiger partial charge in [-0.2, -0.15) is 0 Å². The first-order valence-corrected chi connectivity index (χ1v) is 10.4. The van der Waals surface area contributed by atoms with Crippen molar-refractivity contribution in [1.82, 2.24) is 9.88 Å². The van der Waals surface area contributed by atoms with Gasteiger partial charge < -0.3 is 14.3 Å². The van der Waals surface area contributed by atoms with Gasteiger partial charge in [-0.25, -0.2) is 4.98 Å². The molecule has 2 saturated heterocycles. The first-order valence-electron chi connectivity index (χ1n) is 10.4. The van der Waals surface area contributed by atoms with E-state index in [1.807, 2.05) is 61.5 Å². The number of para-hydroxylation sites is 1. The van der Waals surface area contributed by atoms with Crippen LogP contribution in [-0.4, -0.2) is 33.2 Å². The standard InChI is InChI=1S/C24H26N2O3/c1-16-23(15-26-18-10-11-19(26)14-20(27)13-18)25-24(28-16)17-6-5-9-22(12-17)29-21-7-3-2-4-8-21/h2-9,12,18-20,27H,10-11,13-15H2,1H3/t18-,19+,20?. The van der Waals surface area contributed by atoms with Gasteiger partial charge in [0.2, 0.25) is 5.89 Å². The molecule has 3 heterocycles. The molecule has 5 nitrogen and oxygen atoms in total. The number of piperidine rings is 1. The highest BCUT2D eigenvalue weighted by Gasteiger charge is 2.40. The highest BCUT2D eigenvalue weighted by molar-refractivity contribution is 5.57. The van der Waals surface area contributed by atoms with E-state index in [4.69, 9.17) is 14.1 Å². The minimum Gasteiger partial charge on any atom is -0.457 e. The lowest BCUT2D eigenvalue weighted by Gasteiger charge is -2.36. The zero-order valence-electron chi connectivity index (χ0n) is 16.6. The third kappa shape index (κ3) is 3.80. The smallest absolute Gasteiger partial charge is 0.226 e. The van der Waals surface area contributed by atoms with Crippen LogP contribution in [0.1, 0.15) is 37.1 Å². The lowest BCUT2D eigenvalue weighted by molar-refractivity contribution is 0.0302. The Balaban J connectivity index is 1.35. The number of hydrogen-bond donors (Lipinski definition) is 1. The highest BCUT2D eigenvalue weighted by Crippen LogP contribution is 2.37. The SMILES string of the molecule is Cc1oc(-c2cccc(Oc3ccccc3)c2)nc1CN1[C@@H]2CC[C@H]1CC(O)C2. The van der Waals surface area contributed by atoms with Crippen LogP contribution in [0.15, 0.2) is 59.0 Å². The summed E-state index contributed by atoms with van der Waals surface area (Å²) < 4.78 is 12.0. The molecule has 2 bridgehead atoms. The van der Waals surface area contributed by atoms with Crippen LogP contribution in [0.5, 0.6) is 11.5 Å². The molecule has 0 radical (unpaired) electrons. The monoisotopic (exact) mass is 390 g/mol. The Labute approximate surface area is 170 Å². The summed E-state index contributed by atoms with van der Waals surface area (Å²) in [6.07, 6.45) is 3.94. The molecule has 5 rings (SSSR count). The summed E-state index contributed by atoms with van der Waals surface area (Å²) in [4.78, 5) is 7.32. The van der Waals surface area contributed by atoms with E-state index < -0.39 is 0 Å². The van der Waals surface area contributed by atoms with Crippen LogP contribution in [0.4, 0.5) is 0 Å². The molecule has 0 spiro atoms. The van der Waals surface area contributed by atoms with Crippen LogP contribution in [0.25, 0.3) is 11.5 Å². The summed E-state index contributed by atoms with van der Waals surface area (Å²) >= 11 is 0. The van der Waals surface area contributed by atoms with Gasteiger partial charge in [0.05, 0.1) is 11.8 Å². The fourth-order valence-corrected chi connectivity index (χ4v) is 4.69. The van der Waals surface area contributed by atoms with Crippen LogP contribution < -0.4 is 4.74 Å². The Hall–Kier alpha value is -2.63. The van der Waals surface area contributed by atoms with Crippen molar-refractivity contribution in [2.45, 2.75) is 57.3 Å². The molecule has 0 aliphatic carbocycles. The molecule has 0 amide bonds. The van der Waals surface area contributed by atoms with Crippen molar-refractivity contribution in [3.63, 3.8) is 0 Å². The second-order valence-corrected chi connectivity index (χ2v) is 8.15. The molecule has 2 aliphatic heterocycles. The average molecular weight is 390 g/mol. The molecule has 2 aromatic carbocycles. The molecule has 5 heteroatoms. The lowest BCUT2D eigenvalue weighted by atomic mass is 9.99. The number of rotatable bonds is 5. The Morgan fingerprint density at radius 2 is 1.76 bits per heavy atom. The number of aryl methyl sites for hydroxylation is 1. The summed E-state index contributed by atoms with van der Waals surface area (Å²) in [5.74, 6) is 3.05. The van der Waals surface area contributed by atoms with Crippen molar-refractivity contribution in [2.75, 3.05) is 0 Å². The van der Waals surface area contributed by atoms with Gasteiger partial charge in [-0.15, -0.1) is 0 Å². The van der Waals surface area contributed by atoms with Crippen molar-refractivity contribution < 1.29 is 14.3 Å². The normalized spacial score (nSPS) is 24.0. The quantitative estimate of drug-likeness (QED) is 0.669. The third-order valence-electron chi connectivity index (χ3n) is 6.14. The minimum atomic E-state index is -0.148.